The van der Waals surface area contributed by atoms with Gasteiger partial charge in [0, 0.05) is 22.9 Å². The van der Waals surface area contributed by atoms with E-state index in [1.807, 2.05) is 25.1 Å². The Morgan fingerprint density at radius 2 is 1.93 bits per heavy atom. The van der Waals surface area contributed by atoms with Crippen molar-refractivity contribution in [1.82, 2.24) is 25.4 Å². The van der Waals surface area contributed by atoms with Crippen molar-refractivity contribution in [3.63, 3.8) is 0 Å². The Bertz CT molecular complexity index is 1130. The van der Waals surface area contributed by atoms with Gasteiger partial charge in [0.25, 0.3) is 5.91 Å². The maximum atomic E-state index is 12.9. The van der Waals surface area contributed by atoms with Crippen molar-refractivity contribution in [2.24, 2.45) is 0 Å². The molecule has 0 aliphatic carbocycles. The second kappa shape index (κ2) is 7.67. The number of amides is 1. The van der Waals surface area contributed by atoms with E-state index in [0.29, 0.717) is 28.7 Å². The van der Waals surface area contributed by atoms with Crippen molar-refractivity contribution in [2.75, 3.05) is 0 Å². The van der Waals surface area contributed by atoms with Crippen LogP contribution in [-0.2, 0) is 0 Å². The van der Waals surface area contributed by atoms with Gasteiger partial charge in [-0.3, -0.25) is 9.78 Å². The van der Waals surface area contributed by atoms with Gasteiger partial charge < -0.3 is 14.3 Å². The van der Waals surface area contributed by atoms with Crippen molar-refractivity contribution in [3.05, 3.63) is 71.8 Å². The normalized spacial score (nSPS) is 12.0. The number of hydrogen-bond donors (Lipinski definition) is 1. The average molecular weight is 389 g/mol. The van der Waals surface area contributed by atoms with Gasteiger partial charge in [-0.05, 0) is 50.6 Å². The molecule has 0 bridgehead atoms. The molecule has 8 heteroatoms. The van der Waals surface area contributed by atoms with Crippen LogP contribution >= 0.6 is 0 Å². The third kappa shape index (κ3) is 4.06. The van der Waals surface area contributed by atoms with Gasteiger partial charge in [0.05, 0.1) is 11.9 Å². The maximum Gasteiger partial charge on any atom is 0.251 e. The zero-order valence-electron chi connectivity index (χ0n) is 16.2. The quantitative estimate of drug-likeness (QED) is 0.552. The number of aryl methyl sites for hydroxylation is 2. The van der Waals surface area contributed by atoms with Crippen molar-refractivity contribution in [3.8, 4) is 22.7 Å². The number of benzene rings is 1. The Balaban J connectivity index is 1.69. The maximum absolute atomic E-state index is 12.9. The van der Waals surface area contributed by atoms with Gasteiger partial charge in [-0.25, -0.2) is 4.98 Å². The molecule has 8 nitrogen and oxygen atoms in total. The first-order valence-corrected chi connectivity index (χ1v) is 9.08. The lowest BCUT2D eigenvalue weighted by Crippen LogP contribution is -2.27. The topological polar surface area (TPSA) is 107 Å². The third-order valence-electron chi connectivity index (χ3n) is 4.34. The first-order valence-electron chi connectivity index (χ1n) is 9.08. The molecule has 0 saturated heterocycles. The monoisotopic (exact) mass is 389 g/mol. The number of pyridine rings is 1. The molecule has 0 saturated carbocycles. The molecular weight excluding hydrogens is 370 g/mol. The number of oxazole rings is 1. The fourth-order valence-corrected chi connectivity index (χ4v) is 2.87. The van der Waals surface area contributed by atoms with E-state index in [9.17, 15) is 4.79 Å². The molecule has 4 aromatic rings. The summed E-state index contributed by atoms with van der Waals surface area (Å²) in [5, 5.41) is 6.64. The van der Waals surface area contributed by atoms with Gasteiger partial charge >= 0.3 is 0 Å². The Hall–Kier alpha value is -3.81. The molecule has 0 aliphatic rings. The molecule has 1 unspecified atom stereocenters. The van der Waals surface area contributed by atoms with Crippen LogP contribution in [0.3, 0.4) is 0 Å². The molecule has 1 aromatic carbocycles. The van der Waals surface area contributed by atoms with Crippen LogP contribution in [0.1, 0.15) is 40.6 Å². The highest BCUT2D eigenvalue weighted by atomic mass is 16.5. The van der Waals surface area contributed by atoms with Gasteiger partial charge in [-0.1, -0.05) is 11.2 Å². The Morgan fingerprint density at radius 1 is 1.10 bits per heavy atom. The van der Waals surface area contributed by atoms with E-state index in [-0.39, 0.29) is 5.91 Å². The van der Waals surface area contributed by atoms with Crippen LogP contribution in [-0.4, -0.2) is 26.0 Å². The van der Waals surface area contributed by atoms with Crippen LogP contribution in [0.2, 0.25) is 0 Å². The summed E-state index contributed by atoms with van der Waals surface area (Å²) >= 11 is 0. The van der Waals surface area contributed by atoms with Crippen molar-refractivity contribution >= 4 is 5.91 Å². The summed E-state index contributed by atoms with van der Waals surface area (Å²) in [4.78, 5) is 25.7. The predicted molar refractivity (Wildman–Crippen MR) is 105 cm³/mol. The van der Waals surface area contributed by atoms with E-state index in [1.54, 1.807) is 38.4 Å². The Kier molecular flexibility index (Phi) is 4.90. The number of aromatic nitrogens is 4. The van der Waals surface area contributed by atoms with Gasteiger partial charge in [0.1, 0.15) is 12.3 Å². The predicted octanol–water partition coefficient (Wildman–Crippen LogP) is 3.89. The number of hydrogen-bond acceptors (Lipinski definition) is 7. The molecule has 1 atom stereocenters. The molecule has 4 rings (SSSR count). The molecule has 0 spiro atoms. The van der Waals surface area contributed by atoms with Gasteiger partial charge in [-0.15, -0.1) is 0 Å². The number of carbonyl (C=O) groups is 1. The van der Waals surface area contributed by atoms with E-state index in [0.717, 1.165) is 16.8 Å². The van der Waals surface area contributed by atoms with Gasteiger partial charge in [0.2, 0.25) is 11.8 Å². The standard InChI is InChI=1S/C21H19N5O3/c1-12-4-5-18(23-11-12)15-8-16(10-17(9-15)21-22-6-7-28-21)19(27)24-13(2)20-25-14(3)26-29-20/h4-11,13H,1-3H3,(H,24,27). The lowest BCUT2D eigenvalue weighted by Gasteiger charge is -2.12. The Morgan fingerprint density at radius 3 is 2.59 bits per heavy atom. The number of nitrogens with zero attached hydrogens (tertiary/aromatic N) is 4. The van der Waals surface area contributed by atoms with Gasteiger partial charge in [0.15, 0.2) is 5.82 Å². The first-order chi connectivity index (χ1) is 14.0. The van der Waals surface area contributed by atoms with Crippen LogP contribution in [0.5, 0.6) is 0 Å². The van der Waals surface area contributed by atoms with Crippen LogP contribution < -0.4 is 5.32 Å². The summed E-state index contributed by atoms with van der Waals surface area (Å²) in [5.41, 5.74) is 3.72. The molecule has 29 heavy (non-hydrogen) atoms. The smallest absolute Gasteiger partial charge is 0.251 e. The van der Waals surface area contributed by atoms with Crippen molar-refractivity contribution in [2.45, 2.75) is 26.8 Å². The SMILES string of the molecule is Cc1ccc(-c2cc(C(=O)NC(C)c3nc(C)no3)cc(-c3ncco3)c2)nc1. The summed E-state index contributed by atoms with van der Waals surface area (Å²) in [6.45, 7) is 5.48. The number of nitrogens with one attached hydrogen (secondary N) is 1. The summed E-state index contributed by atoms with van der Waals surface area (Å²) < 4.78 is 10.6. The lowest BCUT2D eigenvalue weighted by atomic mass is 10.0. The fraction of sp³-hybridized carbons (Fsp3) is 0.190. The highest BCUT2D eigenvalue weighted by Crippen LogP contribution is 2.27. The minimum Gasteiger partial charge on any atom is -0.445 e. The summed E-state index contributed by atoms with van der Waals surface area (Å²) in [5.74, 6) is 1.00. The third-order valence-corrected chi connectivity index (χ3v) is 4.34. The first kappa shape index (κ1) is 18.5. The molecule has 1 N–H and O–H groups in total. The Labute approximate surface area is 167 Å². The highest BCUT2D eigenvalue weighted by molar-refractivity contribution is 5.97. The van der Waals surface area contributed by atoms with E-state index in [4.69, 9.17) is 8.94 Å². The second-order valence-corrected chi connectivity index (χ2v) is 6.73. The molecular formula is C21H19N5O3. The zero-order valence-corrected chi connectivity index (χ0v) is 16.2. The number of rotatable bonds is 5. The van der Waals surface area contributed by atoms with Crippen LogP contribution in [0, 0.1) is 13.8 Å². The van der Waals surface area contributed by atoms with Crippen LogP contribution in [0.15, 0.2) is 57.9 Å². The minimum atomic E-state index is -0.435. The number of carbonyl (C=O) groups excluding carboxylic acids is 1. The highest BCUT2D eigenvalue weighted by Gasteiger charge is 2.19. The average Bonchev–Trinajstić information content (AvgIpc) is 3.40. The van der Waals surface area contributed by atoms with E-state index >= 15 is 0 Å². The zero-order chi connectivity index (χ0) is 20.4. The molecule has 3 heterocycles. The summed E-state index contributed by atoms with van der Waals surface area (Å²) in [6, 6.07) is 8.85. The van der Waals surface area contributed by atoms with E-state index < -0.39 is 6.04 Å². The van der Waals surface area contributed by atoms with Crippen LogP contribution in [0.4, 0.5) is 0 Å². The molecule has 0 radical (unpaired) electrons. The van der Waals surface area contributed by atoms with Gasteiger partial charge in [-0.2, -0.15) is 4.98 Å². The van der Waals surface area contributed by atoms with Crippen LogP contribution in [0.25, 0.3) is 22.7 Å². The lowest BCUT2D eigenvalue weighted by molar-refractivity contribution is 0.0932. The van der Waals surface area contributed by atoms with Crippen molar-refractivity contribution in [1.29, 1.82) is 0 Å². The minimum absolute atomic E-state index is 0.282. The molecule has 3 aromatic heterocycles. The fourth-order valence-electron chi connectivity index (χ4n) is 2.87. The molecule has 1 amide bonds. The summed E-state index contributed by atoms with van der Waals surface area (Å²) in [7, 11) is 0. The second-order valence-electron chi connectivity index (χ2n) is 6.73. The summed E-state index contributed by atoms with van der Waals surface area (Å²) in [6.07, 6.45) is 4.84. The molecule has 0 aliphatic heterocycles. The van der Waals surface area contributed by atoms with E-state index in [2.05, 4.69) is 25.4 Å². The van der Waals surface area contributed by atoms with E-state index in [1.165, 1.54) is 6.26 Å². The molecule has 146 valence electrons. The molecule has 0 fully saturated rings. The largest absolute Gasteiger partial charge is 0.445 e. The van der Waals surface area contributed by atoms with Crippen molar-refractivity contribution < 1.29 is 13.7 Å².